The van der Waals surface area contributed by atoms with Crippen molar-refractivity contribution in [2.75, 3.05) is 24.9 Å². The summed E-state index contributed by atoms with van der Waals surface area (Å²) in [5, 5.41) is 18.0. The molecule has 3 aromatic rings. The Bertz CT molecular complexity index is 1880. The lowest BCUT2D eigenvalue weighted by Gasteiger charge is -2.28. The SMILES string of the molecule is CCN(CC)/[N+]([O-])=N\OCOC(=O)c1ccc(CN(C(=O)OC(C)(C)C)S(=O)(=O)c2cc(C(=O)NN3c4ccccc4CC3C)ccc2Cl)cc1. The summed E-state index contributed by atoms with van der Waals surface area (Å²) in [6, 6.07) is 16.9. The molecule has 0 aromatic heterocycles. The van der Waals surface area contributed by atoms with Crippen molar-refractivity contribution in [3.8, 4) is 0 Å². The first-order valence-corrected chi connectivity index (χ1v) is 17.9. The number of carbonyl (C=O) groups excluding carboxylic acids is 3. The molecule has 0 fully saturated rings. The maximum absolute atomic E-state index is 14.1. The largest absolute Gasteiger partial charge is 0.569 e. The van der Waals surface area contributed by atoms with Crippen molar-refractivity contribution in [1.82, 2.24) is 14.7 Å². The number of hydrogen-bond acceptors (Lipinski definition) is 11. The van der Waals surface area contributed by atoms with Gasteiger partial charge in [0.2, 0.25) is 5.28 Å². The van der Waals surface area contributed by atoms with Crippen LogP contribution in [0.2, 0.25) is 5.02 Å². The minimum Gasteiger partial charge on any atom is -0.569 e. The van der Waals surface area contributed by atoms with Gasteiger partial charge in [-0.2, -0.15) is 4.31 Å². The van der Waals surface area contributed by atoms with Gasteiger partial charge in [0.1, 0.15) is 10.5 Å². The molecule has 1 heterocycles. The Labute approximate surface area is 301 Å². The fourth-order valence-electron chi connectivity index (χ4n) is 5.10. The normalized spacial score (nSPS) is 14.4. The molecule has 0 spiro atoms. The molecule has 1 unspecified atom stereocenters. The summed E-state index contributed by atoms with van der Waals surface area (Å²) < 4.78 is 39.2. The van der Waals surface area contributed by atoms with Gasteiger partial charge in [0.15, 0.2) is 0 Å². The van der Waals surface area contributed by atoms with Crippen molar-refractivity contribution >= 4 is 45.3 Å². The third-order valence-corrected chi connectivity index (χ3v) is 9.84. The molecule has 3 aromatic carbocycles. The van der Waals surface area contributed by atoms with E-state index >= 15 is 0 Å². The number of nitrogens with one attached hydrogen (secondary N) is 1. The van der Waals surface area contributed by atoms with E-state index in [4.69, 9.17) is 25.9 Å². The molecule has 0 aliphatic carbocycles. The van der Waals surface area contributed by atoms with Gasteiger partial charge in [-0.1, -0.05) is 41.9 Å². The molecule has 51 heavy (non-hydrogen) atoms. The van der Waals surface area contributed by atoms with E-state index in [0.29, 0.717) is 29.4 Å². The van der Waals surface area contributed by atoms with Gasteiger partial charge in [0, 0.05) is 5.56 Å². The van der Waals surface area contributed by atoms with Crippen molar-refractivity contribution in [3.63, 3.8) is 0 Å². The number of hydrogen-bond donors (Lipinski definition) is 1. The molecule has 17 heteroatoms. The third-order valence-electron chi connectivity index (χ3n) is 7.65. The second kappa shape index (κ2) is 16.3. The first kappa shape index (κ1) is 38.7. The standard InChI is InChI=1S/C34H41ClN6O9S/c1-7-38(8-2)41(45)37-49-22-48-32(43)25-15-13-24(14-16-25)21-39(33(44)50-34(4,5)6)51(46,47)30-20-27(17-18-28(30)35)31(42)36-40-23(3)19-26-11-9-10-12-29(26)40/h9-18,20,23H,7-8,19,21-22H2,1-6H3,(H,36,42)/b41-37+. The number of sulfonamides is 1. The zero-order valence-electron chi connectivity index (χ0n) is 29.2. The molecule has 0 saturated carbocycles. The summed E-state index contributed by atoms with van der Waals surface area (Å²) in [6.07, 6.45) is -0.468. The Hall–Kier alpha value is -5.09. The highest BCUT2D eigenvalue weighted by molar-refractivity contribution is 7.89. The van der Waals surface area contributed by atoms with Gasteiger partial charge in [-0.3, -0.25) is 15.2 Å². The van der Waals surface area contributed by atoms with E-state index in [9.17, 15) is 28.0 Å². The summed E-state index contributed by atoms with van der Waals surface area (Å²) in [6.45, 7) is 9.89. The maximum atomic E-state index is 14.1. The Morgan fingerprint density at radius 1 is 1.04 bits per heavy atom. The number of ether oxygens (including phenoxy) is 2. The summed E-state index contributed by atoms with van der Waals surface area (Å²) in [5.74, 6) is -1.38. The van der Waals surface area contributed by atoms with E-state index in [1.807, 2.05) is 31.2 Å². The Morgan fingerprint density at radius 2 is 1.69 bits per heavy atom. The summed E-state index contributed by atoms with van der Waals surface area (Å²) >= 11 is 6.40. The zero-order valence-corrected chi connectivity index (χ0v) is 30.7. The number of benzene rings is 3. The van der Waals surface area contributed by atoms with E-state index in [2.05, 4.69) is 10.7 Å². The smallest absolute Gasteiger partial charge is 0.424 e. The minimum atomic E-state index is -4.72. The molecule has 1 aliphatic heterocycles. The number of amides is 2. The van der Waals surface area contributed by atoms with Gasteiger partial charge < -0.3 is 19.5 Å². The number of nitrogens with zero attached hydrogens (tertiary/aromatic N) is 5. The molecule has 0 bridgehead atoms. The average Bonchev–Trinajstić information content (AvgIpc) is 3.39. The van der Waals surface area contributed by atoms with Crippen LogP contribution in [0.5, 0.6) is 0 Å². The van der Waals surface area contributed by atoms with E-state index in [1.54, 1.807) is 39.6 Å². The average molecular weight is 745 g/mol. The van der Waals surface area contributed by atoms with Crippen LogP contribution in [-0.2, 0) is 37.3 Å². The van der Waals surface area contributed by atoms with Crippen molar-refractivity contribution in [2.45, 2.75) is 71.0 Å². The fourth-order valence-corrected chi connectivity index (χ4v) is 6.89. The van der Waals surface area contributed by atoms with Gasteiger partial charge in [-0.05, 0) is 95.5 Å². The first-order chi connectivity index (χ1) is 24.0. The molecule has 1 N–H and O–H groups in total. The Balaban J connectivity index is 1.54. The topological polar surface area (TPSA) is 173 Å². The zero-order chi connectivity index (χ0) is 37.5. The molecule has 0 saturated heterocycles. The highest BCUT2D eigenvalue weighted by atomic mass is 35.5. The summed E-state index contributed by atoms with van der Waals surface area (Å²) in [4.78, 5) is 43.9. The van der Waals surface area contributed by atoms with Crippen LogP contribution in [0.4, 0.5) is 10.5 Å². The van der Waals surface area contributed by atoms with Gasteiger partial charge >= 0.3 is 12.1 Å². The predicted octanol–water partition coefficient (Wildman–Crippen LogP) is 5.83. The van der Waals surface area contributed by atoms with E-state index in [1.165, 1.54) is 41.4 Å². The van der Waals surface area contributed by atoms with Gasteiger partial charge in [0.25, 0.3) is 22.7 Å². The van der Waals surface area contributed by atoms with Crippen LogP contribution in [0.1, 0.15) is 73.4 Å². The minimum absolute atomic E-state index is 0.00523. The van der Waals surface area contributed by atoms with Crippen LogP contribution in [0.15, 0.2) is 76.9 Å². The van der Waals surface area contributed by atoms with Crippen molar-refractivity contribution in [3.05, 3.63) is 99.2 Å². The number of rotatable bonds is 13. The second-order valence-electron chi connectivity index (χ2n) is 12.5. The number of carbonyl (C=O) groups is 3. The van der Waals surface area contributed by atoms with Crippen LogP contribution >= 0.6 is 11.6 Å². The quantitative estimate of drug-likeness (QED) is 0.0557. The van der Waals surface area contributed by atoms with Crippen LogP contribution in [0.3, 0.4) is 0 Å². The van der Waals surface area contributed by atoms with Gasteiger partial charge in [0.05, 0.1) is 46.9 Å². The molecule has 274 valence electrons. The summed E-state index contributed by atoms with van der Waals surface area (Å²) in [7, 11) is -4.72. The number of anilines is 1. The van der Waals surface area contributed by atoms with E-state index < -0.39 is 51.8 Å². The molecule has 4 rings (SSSR count). The summed E-state index contributed by atoms with van der Waals surface area (Å²) in [5.41, 5.74) is 4.06. The lowest BCUT2D eigenvalue weighted by molar-refractivity contribution is -0.710. The number of halogens is 1. The van der Waals surface area contributed by atoms with Crippen LogP contribution in [-0.4, -0.2) is 72.2 Å². The van der Waals surface area contributed by atoms with Crippen LogP contribution < -0.4 is 10.4 Å². The Kier molecular flexibility index (Phi) is 12.4. The molecule has 2 amide bonds. The lowest BCUT2D eigenvalue weighted by atomic mass is 10.1. The van der Waals surface area contributed by atoms with Crippen LogP contribution in [0, 0.1) is 5.21 Å². The van der Waals surface area contributed by atoms with E-state index in [0.717, 1.165) is 17.3 Å². The molecule has 15 nitrogen and oxygen atoms in total. The molecule has 1 aliphatic rings. The van der Waals surface area contributed by atoms with Gasteiger partial charge in [-0.25, -0.2) is 18.0 Å². The first-order valence-electron chi connectivity index (χ1n) is 16.1. The van der Waals surface area contributed by atoms with Crippen molar-refractivity contribution < 1.29 is 42.1 Å². The maximum Gasteiger partial charge on any atom is 0.424 e. The number of para-hydroxylation sites is 1. The highest BCUT2D eigenvalue weighted by Gasteiger charge is 2.36. The molecular formula is C34H41ClN6O9S. The van der Waals surface area contributed by atoms with Crippen LogP contribution in [0.25, 0.3) is 0 Å². The Morgan fingerprint density at radius 3 is 2.33 bits per heavy atom. The number of hydrazine groups is 2. The second-order valence-corrected chi connectivity index (χ2v) is 14.7. The van der Waals surface area contributed by atoms with Crippen molar-refractivity contribution in [1.29, 1.82) is 0 Å². The van der Waals surface area contributed by atoms with Gasteiger partial charge in [-0.15, -0.1) is 5.01 Å². The van der Waals surface area contributed by atoms with E-state index in [-0.39, 0.29) is 27.2 Å². The lowest BCUT2D eigenvalue weighted by Crippen LogP contribution is -2.45. The predicted molar refractivity (Wildman–Crippen MR) is 187 cm³/mol. The molecule has 1 atom stereocenters. The fraction of sp³-hybridized carbons (Fsp3) is 0.382. The molecule has 0 radical (unpaired) electrons. The number of esters is 1. The molecular weight excluding hydrogens is 704 g/mol. The third kappa shape index (κ3) is 9.58. The van der Waals surface area contributed by atoms with Crippen molar-refractivity contribution in [2.24, 2.45) is 5.28 Å². The highest BCUT2D eigenvalue weighted by Crippen LogP contribution is 2.32. The number of fused-ring (bicyclic) bond motifs is 1. The monoisotopic (exact) mass is 744 g/mol.